The molecule has 3 heterocycles. The lowest BCUT2D eigenvalue weighted by atomic mass is 10.2. The average Bonchev–Trinajstić information content (AvgIpc) is 2.96. The standard InChI is InChI=1S/C16H17N5O2/c1-10(2)21-14(6-7-18-21)19-15(22)12-8-17-13-5-4-11(3)9-20(13)16(12)23/h4-10H,1-3H3,(H,19,22). The van der Waals surface area contributed by atoms with Crippen molar-refractivity contribution in [3.63, 3.8) is 0 Å². The maximum absolute atomic E-state index is 12.5. The third kappa shape index (κ3) is 2.73. The SMILES string of the molecule is Cc1ccc2ncc(C(=O)Nc3ccnn3C(C)C)c(=O)n2c1. The highest BCUT2D eigenvalue weighted by atomic mass is 16.2. The second-order valence-electron chi connectivity index (χ2n) is 5.62. The summed E-state index contributed by atoms with van der Waals surface area (Å²) in [5.74, 6) is 0.0412. The van der Waals surface area contributed by atoms with Gasteiger partial charge in [-0.15, -0.1) is 0 Å². The zero-order chi connectivity index (χ0) is 16.6. The fourth-order valence-corrected chi connectivity index (χ4v) is 2.35. The highest BCUT2D eigenvalue weighted by Gasteiger charge is 2.16. The molecule has 118 valence electrons. The molecule has 1 amide bonds. The summed E-state index contributed by atoms with van der Waals surface area (Å²) < 4.78 is 3.05. The third-order valence-electron chi connectivity index (χ3n) is 3.50. The van der Waals surface area contributed by atoms with Gasteiger partial charge in [-0.1, -0.05) is 6.07 Å². The van der Waals surface area contributed by atoms with Crippen LogP contribution in [0.2, 0.25) is 0 Å². The molecule has 0 spiro atoms. The van der Waals surface area contributed by atoms with E-state index in [2.05, 4.69) is 15.4 Å². The van der Waals surface area contributed by atoms with Gasteiger partial charge in [0.1, 0.15) is 17.0 Å². The number of pyridine rings is 1. The van der Waals surface area contributed by atoms with Crippen molar-refractivity contribution >= 4 is 17.4 Å². The largest absolute Gasteiger partial charge is 0.307 e. The lowest BCUT2D eigenvalue weighted by molar-refractivity contribution is 0.102. The topological polar surface area (TPSA) is 81.3 Å². The summed E-state index contributed by atoms with van der Waals surface area (Å²) in [5.41, 5.74) is 1.01. The molecule has 7 heteroatoms. The lowest BCUT2D eigenvalue weighted by Gasteiger charge is -2.11. The number of rotatable bonds is 3. The third-order valence-corrected chi connectivity index (χ3v) is 3.50. The van der Waals surface area contributed by atoms with Crippen LogP contribution in [-0.2, 0) is 0 Å². The van der Waals surface area contributed by atoms with E-state index < -0.39 is 11.5 Å². The van der Waals surface area contributed by atoms with Crippen molar-refractivity contribution in [1.29, 1.82) is 0 Å². The molecule has 0 unspecified atom stereocenters. The smallest absolute Gasteiger partial charge is 0.270 e. The summed E-state index contributed by atoms with van der Waals surface area (Å²) in [7, 11) is 0. The Bertz CT molecular complexity index is 939. The number of carbonyl (C=O) groups is 1. The molecule has 3 aromatic heterocycles. The predicted octanol–water partition coefficient (Wildman–Crippen LogP) is 2.03. The van der Waals surface area contributed by atoms with Crippen molar-refractivity contribution in [1.82, 2.24) is 19.2 Å². The first-order valence-corrected chi connectivity index (χ1v) is 7.30. The highest BCUT2D eigenvalue weighted by molar-refractivity contribution is 6.03. The van der Waals surface area contributed by atoms with Crippen LogP contribution >= 0.6 is 0 Å². The summed E-state index contributed by atoms with van der Waals surface area (Å²) in [4.78, 5) is 29.1. The van der Waals surface area contributed by atoms with Crippen LogP contribution in [0.3, 0.4) is 0 Å². The summed E-state index contributed by atoms with van der Waals surface area (Å²) in [6.07, 6.45) is 4.57. The molecule has 0 atom stereocenters. The van der Waals surface area contributed by atoms with E-state index in [1.807, 2.05) is 26.8 Å². The maximum Gasteiger partial charge on any atom is 0.270 e. The Labute approximate surface area is 132 Å². The molecule has 1 N–H and O–H groups in total. The van der Waals surface area contributed by atoms with Gasteiger partial charge in [0.15, 0.2) is 0 Å². The molecule has 0 saturated carbocycles. The number of amides is 1. The minimum Gasteiger partial charge on any atom is -0.307 e. The molecule has 0 aliphatic rings. The van der Waals surface area contributed by atoms with Gasteiger partial charge in [0.25, 0.3) is 11.5 Å². The van der Waals surface area contributed by atoms with Crippen LogP contribution in [0.1, 0.15) is 35.8 Å². The second-order valence-corrected chi connectivity index (χ2v) is 5.62. The molecule has 0 saturated heterocycles. The van der Waals surface area contributed by atoms with Gasteiger partial charge < -0.3 is 5.32 Å². The Kier molecular flexibility index (Phi) is 3.69. The number of hydrogen-bond donors (Lipinski definition) is 1. The quantitative estimate of drug-likeness (QED) is 0.802. The zero-order valence-corrected chi connectivity index (χ0v) is 13.1. The molecule has 0 bridgehead atoms. The first kappa shape index (κ1) is 15.0. The number of nitrogens with one attached hydrogen (secondary N) is 1. The zero-order valence-electron chi connectivity index (χ0n) is 13.1. The van der Waals surface area contributed by atoms with E-state index in [-0.39, 0.29) is 11.6 Å². The normalized spacial score (nSPS) is 11.1. The predicted molar refractivity (Wildman–Crippen MR) is 86.8 cm³/mol. The van der Waals surface area contributed by atoms with Crippen molar-refractivity contribution in [3.05, 3.63) is 58.3 Å². The van der Waals surface area contributed by atoms with Crippen LogP contribution in [0.15, 0.2) is 41.6 Å². The van der Waals surface area contributed by atoms with Crippen LogP contribution in [0.5, 0.6) is 0 Å². The van der Waals surface area contributed by atoms with E-state index in [0.29, 0.717) is 11.5 Å². The van der Waals surface area contributed by atoms with Crippen LogP contribution in [-0.4, -0.2) is 25.1 Å². The number of carbonyl (C=O) groups excluding carboxylic acids is 1. The van der Waals surface area contributed by atoms with Gasteiger partial charge in [0.2, 0.25) is 0 Å². The summed E-state index contributed by atoms with van der Waals surface area (Å²) >= 11 is 0. The van der Waals surface area contributed by atoms with Gasteiger partial charge in [0.05, 0.1) is 6.20 Å². The van der Waals surface area contributed by atoms with Crippen molar-refractivity contribution in [3.8, 4) is 0 Å². The van der Waals surface area contributed by atoms with Crippen LogP contribution in [0.4, 0.5) is 5.82 Å². The number of fused-ring (bicyclic) bond motifs is 1. The van der Waals surface area contributed by atoms with Crippen LogP contribution in [0, 0.1) is 6.92 Å². The van der Waals surface area contributed by atoms with Gasteiger partial charge in [-0.25, -0.2) is 9.67 Å². The molecule has 3 rings (SSSR count). The van der Waals surface area contributed by atoms with Crippen LogP contribution in [0.25, 0.3) is 5.65 Å². The molecule has 0 radical (unpaired) electrons. The van der Waals surface area contributed by atoms with Gasteiger partial charge in [-0.2, -0.15) is 5.10 Å². The summed E-state index contributed by atoms with van der Waals surface area (Å²) in [6, 6.07) is 5.39. The Balaban J connectivity index is 2.00. The summed E-state index contributed by atoms with van der Waals surface area (Å²) in [5, 5.41) is 6.87. The summed E-state index contributed by atoms with van der Waals surface area (Å²) in [6.45, 7) is 5.79. The highest BCUT2D eigenvalue weighted by Crippen LogP contribution is 2.13. The number of hydrogen-bond acceptors (Lipinski definition) is 4. The van der Waals surface area contributed by atoms with Crippen molar-refractivity contribution in [2.75, 3.05) is 5.32 Å². The van der Waals surface area contributed by atoms with Gasteiger partial charge in [-0.05, 0) is 32.4 Å². The Hall–Kier alpha value is -2.96. The molecule has 3 aromatic rings. The van der Waals surface area contributed by atoms with Gasteiger partial charge in [0, 0.05) is 24.5 Å². The number of nitrogens with zero attached hydrogens (tertiary/aromatic N) is 4. The Morgan fingerprint density at radius 3 is 2.78 bits per heavy atom. The molecular weight excluding hydrogens is 294 g/mol. The number of anilines is 1. The monoisotopic (exact) mass is 311 g/mol. The average molecular weight is 311 g/mol. The molecule has 7 nitrogen and oxygen atoms in total. The molecule has 0 aliphatic heterocycles. The first-order valence-electron chi connectivity index (χ1n) is 7.30. The van der Waals surface area contributed by atoms with Crippen molar-refractivity contribution < 1.29 is 4.79 Å². The minimum absolute atomic E-state index is 0.00962. The lowest BCUT2D eigenvalue weighted by Crippen LogP contribution is -2.27. The molecule has 23 heavy (non-hydrogen) atoms. The molecule has 0 fully saturated rings. The molecule has 0 aromatic carbocycles. The fourth-order valence-electron chi connectivity index (χ4n) is 2.35. The van der Waals surface area contributed by atoms with E-state index in [4.69, 9.17) is 0 Å². The van der Waals surface area contributed by atoms with Crippen LogP contribution < -0.4 is 10.9 Å². The maximum atomic E-state index is 12.5. The first-order chi connectivity index (χ1) is 11.0. The Morgan fingerprint density at radius 2 is 2.04 bits per heavy atom. The minimum atomic E-state index is -0.499. The number of aromatic nitrogens is 4. The Morgan fingerprint density at radius 1 is 1.26 bits per heavy atom. The van der Waals surface area contributed by atoms with E-state index in [0.717, 1.165) is 5.56 Å². The number of aryl methyl sites for hydroxylation is 1. The van der Waals surface area contributed by atoms with Crippen molar-refractivity contribution in [2.24, 2.45) is 0 Å². The van der Waals surface area contributed by atoms with E-state index >= 15 is 0 Å². The fraction of sp³-hybridized carbons (Fsp3) is 0.250. The van der Waals surface area contributed by atoms with E-state index in [1.54, 1.807) is 29.2 Å². The molecule has 0 aliphatic carbocycles. The second kappa shape index (κ2) is 5.68. The van der Waals surface area contributed by atoms with Crippen molar-refractivity contribution in [2.45, 2.75) is 26.8 Å². The van der Waals surface area contributed by atoms with E-state index in [1.165, 1.54) is 10.6 Å². The van der Waals surface area contributed by atoms with Gasteiger partial charge in [-0.3, -0.25) is 14.0 Å². The van der Waals surface area contributed by atoms with Gasteiger partial charge >= 0.3 is 0 Å². The molecular formula is C16H17N5O2. The van der Waals surface area contributed by atoms with E-state index in [9.17, 15) is 9.59 Å².